The lowest BCUT2D eigenvalue weighted by Gasteiger charge is -2.10. The van der Waals surface area contributed by atoms with Crippen molar-refractivity contribution in [3.8, 4) is 0 Å². The lowest BCUT2D eigenvalue weighted by Crippen LogP contribution is -2.38. The largest absolute Gasteiger partial charge is 0.346 e. The van der Waals surface area contributed by atoms with E-state index in [0.717, 1.165) is 6.42 Å². The summed E-state index contributed by atoms with van der Waals surface area (Å²) in [5, 5.41) is 2.75. The predicted octanol–water partition coefficient (Wildman–Crippen LogP) is 1.88. The van der Waals surface area contributed by atoms with Crippen LogP contribution in [0.2, 0.25) is 0 Å². The zero-order chi connectivity index (χ0) is 12.4. The van der Waals surface area contributed by atoms with E-state index in [1.807, 2.05) is 30.3 Å². The lowest BCUT2D eigenvalue weighted by molar-refractivity contribution is -0.127. The molecule has 0 saturated heterocycles. The highest BCUT2D eigenvalue weighted by molar-refractivity contribution is 5.89. The first-order chi connectivity index (χ1) is 8.09. The third-order valence-corrected chi connectivity index (χ3v) is 3.32. The van der Waals surface area contributed by atoms with Gasteiger partial charge in [-0.15, -0.1) is 0 Å². The molecule has 0 bridgehead atoms. The fourth-order valence-corrected chi connectivity index (χ4v) is 1.98. The minimum absolute atomic E-state index is 0.00144. The molecule has 0 spiro atoms. The number of hydrogen-bond donors (Lipinski definition) is 1. The van der Waals surface area contributed by atoms with Crippen molar-refractivity contribution >= 4 is 11.7 Å². The molecule has 1 saturated carbocycles. The Labute approximate surface area is 101 Å². The molecule has 1 aliphatic rings. The fraction of sp³-hybridized carbons (Fsp3) is 0.429. The van der Waals surface area contributed by atoms with E-state index >= 15 is 0 Å². The number of hydrogen-bond acceptors (Lipinski definition) is 2. The summed E-state index contributed by atoms with van der Waals surface area (Å²) < 4.78 is 0. The van der Waals surface area contributed by atoms with E-state index < -0.39 is 0 Å². The molecule has 0 heterocycles. The Hall–Kier alpha value is -1.64. The van der Waals surface area contributed by atoms with Crippen LogP contribution in [0.3, 0.4) is 0 Å². The van der Waals surface area contributed by atoms with Gasteiger partial charge in [-0.3, -0.25) is 9.59 Å². The second-order valence-electron chi connectivity index (χ2n) is 4.70. The summed E-state index contributed by atoms with van der Waals surface area (Å²) >= 11 is 0. The Morgan fingerprint density at radius 3 is 2.53 bits per heavy atom. The standard InChI is InChI=1S/C14H17NO2/c1-9(10(2)16)15-14(17)13-8-12(13)11-6-4-3-5-7-11/h3-7,9,12-13H,8H2,1-2H3,(H,15,17). The van der Waals surface area contributed by atoms with Crippen molar-refractivity contribution in [1.82, 2.24) is 5.32 Å². The summed E-state index contributed by atoms with van der Waals surface area (Å²) in [6.07, 6.45) is 0.889. The van der Waals surface area contributed by atoms with E-state index in [9.17, 15) is 9.59 Å². The Morgan fingerprint density at radius 1 is 1.29 bits per heavy atom. The third-order valence-electron chi connectivity index (χ3n) is 3.32. The number of carbonyl (C=O) groups excluding carboxylic acids is 2. The molecule has 1 amide bonds. The highest BCUT2D eigenvalue weighted by Gasteiger charge is 2.44. The van der Waals surface area contributed by atoms with Crippen molar-refractivity contribution in [2.45, 2.75) is 32.2 Å². The second kappa shape index (κ2) is 4.70. The minimum atomic E-state index is -0.375. The van der Waals surface area contributed by atoms with E-state index in [0.29, 0.717) is 5.92 Å². The molecule has 3 unspecified atom stereocenters. The molecule has 1 aliphatic carbocycles. The van der Waals surface area contributed by atoms with Gasteiger partial charge in [0.15, 0.2) is 5.78 Å². The molecule has 1 aromatic carbocycles. The van der Waals surface area contributed by atoms with Crippen molar-refractivity contribution in [2.24, 2.45) is 5.92 Å². The lowest BCUT2D eigenvalue weighted by atomic mass is 10.1. The maximum Gasteiger partial charge on any atom is 0.224 e. The molecule has 1 fully saturated rings. The van der Waals surface area contributed by atoms with Gasteiger partial charge < -0.3 is 5.32 Å². The first-order valence-corrected chi connectivity index (χ1v) is 5.95. The normalized spacial score (nSPS) is 23.9. The first-order valence-electron chi connectivity index (χ1n) is 5.95. The smallest absolute Gasteiger partial charge is 0.224 e. The van der Waals surface area contributed by atoms with E-state index in [4.69, 9.17) is 0 Å². The average molecular weight is 231 g/mol. The van der Waals surface area contributed by atoms with Gasteiger partial charge in [-0.25, -0.2) is 0 Å². The summed E-state index contributed by atoms with van der Waals surface area (Å²) in [5.41, 5.74) is 1.21. The van der Waals surface area contributed by atoms with Crippen molar-refractivity contribution in [1.29, 1.82) is 0 Å². The van der Waals surface area contributed by atoms with Crippen LogP contribution in [0.5, 0.6) is 0 Å². The van der Waals surface area contributed by atoms with Crippen LogP contribution in [-0.4, -0.2) is 17.7 Å². The van der Waals surface area contributed by atoms with Gasteiger partial charge in [-0.05, 0) is 31.7 Å². The zero-order valence-electron chi connectivity index (χ0n) is 10.1. The van der Waals surface area contributed by atoms with Crippen LogP contribution in [0.15, 0.2) is 30.3 Å². The number of Topliss-reactive ketones (excluding diaryl/α,β-unsaturated/α-hetero) is 1. The van der Waals surface area contributed by atoms with Gasteiger partial charge in [0.2, 0.25) is 5.91 Å². The topological polar surface area (TPSA) is 46.2 Å². The summed E-state index contributed by atoms with van der Waals surface area (Å²) in [6.45, 7) is 3.21. The fourth-order valence-electron chi connectivity index (χ4n) is 1.98. The molecule has 3 nitrogen and oxygen atoms in total. The molecule has 2 rings (SSSR count). The van der Waals surface area contributed by atoms with Gasteiger partial charge in [-0.2, -0.15) is 0 Å². The second-order valence-corrected chi connectivity index (χ2v) is 4.70. The van der Waals surface area contributed by atoms with E-state index in [1.165, 1.54) is 12.5 Å². The van der Waals surface area contributed by atoms with Gasteiger partial charge in [0.05, 0.1) is 6.04 Å². The number of amides is 1. The van der Waals surface area contributed by atoms with Gasteiger partial charge in [0.25, 0.3) is 0 Å². The molecule has 90 valence electrons. The predicted molar refractivity (Wildman–Crippen MR) is 65.6 cm³/mol. The summed E-state index contributed by atoms with van der Waals surface area (Å²) in [7, 11) is 0. The molecular formula is C14H17NO2. The van der Waals surface area contributed by atoms with Crippen molar-refractivity contribution in [2.75, 3.05) is 0 Å². The van der Waals surface area contributed by atoms with Gasteiger partial charge in [0, 0.05) is 5.92 Å². The number of carbonyl (C=O) groups is 2. The molecule has 17 heavy (non-hydrogen) atoms. The SMILES string of the molecule is CC(=O)C(C)NC(=O)C1CC1c1ccccc1. The van der Waals surface area contributed by atoms with Crippen molar-refractivity contribution in [3.63, 3.8) is 0 Å². The molecule has 1 N–H and O–H groups in total. The monoisotopic (exact) mass is 231 g/mol. The highest BCUT2D eigenvalue weighted by atomic mass is 16.2. The first kappa shape index (κ1) is 11.8. The maximum absolute atomic E-state index is 11.8. The minimum Gasteiger partial charge on any atom is -0.346 e. The molecule has 3 heteroatoms. The summed E-state index contributed by atoms with van der Waals surface area (Å²) in [5.74, 6) is 0.367. The Morgan fingerprint density at radius 2 is 1.94 bits per heavy atom. The zero-order valence-corrected chi connectivity index (χ0v) is 10.1. The summed E-state index contributed by atoms with van der Waals surface area (Å²) in [4.78, 5) is 22.9. The number of benzene rings is 1. The van der Waals surface area contributed by atoms with Crippen LogP contribution in [0, 0.1) is 5.92 Å². The average Bonchev–Trinajstić information content (AvgIpc) is 3.10. The quantitative estimate of drug-likeness (QED) is 0.860. The van der Waals surface area contributed by atoms with Crippen LogP contribution in [0.4, 0.5) is 0 Å². The van der Waals surface area contributed by atoms with Crippen LogP contribution in [0.1, 0.15) is 31.7 Å². The third kappa shape index (κ3) is 2.73. The number of nitrogens with one attached hydrogen (secondary N) is 1. The molecule has 1 aromatic rings. The molecule has 0 radical (unpaired) electrons. The number of rotatable bonds is 4. The van der Waals surface area contributed by atoms with Crippen LogP contribution in [0.25, 0.3) is 0 Å². The van der Waals surface area contributed by atoms with Crippen LogP contribution < -0.4 is 5.32 Å². The van der Waals surface area contributed by atoms with Crippen molar-refractivity contribution in [3.05, 3.63) is 35.9 Å². The Bertz CT molecular complexity index is 427. The van der Waals surface area contributed by atoms with E-state index in [-0.39, 0.29) is 23.7 Å². The molecule has 3 atom stereocenters. The molecular weight excluding hydrogens is 214 g/mol. The molecule has 0 aliphatic heterocycles. The summed E-state index contributed by atoms with van der Waals surface area (Å²) in [6, 6.07) is 9.67. The van der Waals surface area contributed by atoms with Crippen molar-refractivity contribution < 1.29 is 9.59 Å². The van der Waals surface area contributed by atoms with Gasteiger partial charge >= 0.3 is 0 Å². The van der Waals surface area contributed by atoms with Gasteiger partial charge in [0.1, 0.15) is 0 Å². The Kier molecular flexibility index (Phi) is 3.27. The van der Waals surface area contributed by atoms with E-state index in [1.54, 1.807) is 6.92 Å². The van der Waals surface area contributed by atoms with E-state index in [2.05, 4.69) is 5.32 Å². The van der Waals surface area contributed by atoms with Crippen LogP contribution in [-0.2, 0) is 9.59 Å². The molecule has 0 aromatic heterocycles. The van der Waals surface area contributed by atoms with Gasteiger partial charge in [-0.1, -0.05) is 30.3 Å². The Balaban J connectivity index is 1.91. The number of ketones is 1. The maximum atomic E-state index is 11.8. The van der Waals surface area contributed by atoms with Crippen LogP contribution >= 0.6 is 0 Å². The highest BCUT2D eigenvalue weighted by Crippen LogP contribution is 2.47.